The molecule has 4 rings (SSSR count). The number of nitrogens with zero attached hydrogens (tertiary/aromatic N) is 6. The van der Waals surface area contributed by atoms with Gasteiger partial charge >= 0.3 is 0 Å². The first-order valence-corrected chi connectivity index (χ1v) is 10.6. The first-order chi connectivity index (χ1) is 14.4. The second-order valence-electron chi connectivity index (χ2n) is 8.41. The molecule has 0 spiro atoms. The maximum absolute atomic E-state index is 12.4. The van der Waals surface area contributed by atoms with E-state index < -0.39 is 18.1 Å². The molecule has 2 unspecified atom stereocenters. The molecule has 0 saturated carbocycles. The summed E-state index contributed by atoms with van der Waals surface area (Å²) in [5.74, 6) is -0.988. The number of rotatable bonds is 3. The average Bonchev–Trinajstić information content (AvgIpc) is 3.37. The van der Waals surface area contributed by atoms with Crippen LogP contribution in [0.2, 0.25) is 0 Å². The van der Waals surface area contributed by atoms with E-state index in [4.69, 9.17) is 0 Å². The Bertz CT molecular complexity index is 592. The first-order valence-electron chi connectivity index (χ1n) is 10.6. The largest absolute Gasteiger partial charge is 0.289 e. The molecule has 4 heterocycles. The third-order valence-electron chi connectivity index (χ3n) is 6.81. The van der Waals surface area contributed by atoms with Gasteiger partial charge in [-0.25, -0.2) is 15.2 Å². The van der Waals surface area contributed by atoms with E-state index in [-0.39, 0.29) is 37.4 Å². The minimum absolute atomic E-state index is 0.286. The number of carbonyl (C=O) groups excluding carboxylic acids is 3. The van der Waals surface area contributed by atoms with E-state index in [1.807, 2.05) is 14.7 Å². The second kappa shape index (κ2) is 8.73. The van der Waals surface area contributed by atoms with Crippen LogP contribution in [-0.4, -0.2) is 140 Å². The number of hydroxylamine groups is 6. The van der Waals surface area contributed by atoms with E-state index in [1.165, 1.54) is 0 Å². The molecule has 12 nitrogen and oxygen atoms in total. The predicted molar refractivity (Wildman–Crippen MR) is 100 cm³/mol. The number of hydrogen-bond acceptors (Lipinski definition) is 9. The zero-order valence-corrected chi connectivity index (χ0v) is 17.0. The van der Waals surface area contributed by atoms with Crippen molar-refractivity contribution in [2.24, 2.45) is 0 Å². The summed E-state index contributed by atoms with van der Waals surface area (Å²) >= 11 is 0. The number of carbonyl (C=O) groups is 3. The van der Waals surface area contributed by atoms with Gasteiger partial charge in [0.05, 0.1) is 37.8 Å². The summed E-state index contributed by atoms with van der Waals surface area (Å²) in [6.07, 6.45) is 1.57. The van der Waals surface area contributed by atoms with Gasteiger partial charge in [-0.2, -0.15) is 0 Å². The van der Waals surface area contributed by atoms with Gasteiger partial charge in [0.2, 0.25) is 0 Å². The molecule has 4 aliphatic heterocycles. The fourth-order valence-electron chi connectivity index (χ4n) is 5.01. The Balaban J connectivity index is 1.53. The van der Waals surface area contributed by atoms with Crippen molar-refractivity contribution in [1.29, 1.82) is 0 Å². The van der Waals surface area contributed by atoms with E-state index in [9.17, 15) is 30.0 Å². The Morgan fingerprint density at radius 1 is 0.467 bits per heavy atom. The van der Waals surface area contributed by atoms with Crippen molar-refractivity contribution in [2.45, 2.75) is 37.4 Å². The molecule has 30 heavy (non-hydrogen) atoms. The minimum Gasteiger partial charge on any atom is -0.289 e. The smallest absolute Gasteiger partial charge is 0.263 e. The van der Waals surface area contributed by atoms with Crippen molar-refractivity contribution in [1.82, 2.24) is 29.9 Å². The molecular weight excluding hydrogens is 396 g/mol. The quantitative estimate of drug-likeness (QED) is 0.433. The highest BCUT2D eigenvalue weighted by atomic mass is 16.5. The standard InChI is InChI=1S/C18H30N6O6/c25-16-13(1-4-22(16)28)19-7-9-20(14-2-5-23(29)17(14)26)11-12-21(10-8-19)15-3-6-24(30)18(15)27/h13-15,28-30H,1-12H2/t13-,14?,15?/m0/s1. The molecule has 4 aliphatic rings. The molecule has 4 fully saturated rings. The van der Waals surface area contributed by atoms with Crippen molar-refractivity contribution >= 4 is 17.7 Å². The summed E-state index contributed by atoms with van der Waals surface area (Å²) in [6, 6.07) is -1.29. The lowest BCUT2D eigenvalue weighted by atomic mass is 10.2. The zero-order valence-electron chi connectivity index (χ0n) is 17.0. The maximum atomic E-state index is 12.4. The van der Waals surface area contributed by atoms with Crippen molar-refractivity contribution in [3.8, 4) is 0 Å². The van der Waals surface area contributed by atoms with E-state index in [0.717, 1.165) is 15.2 Å². The van der Waals surface area contributed by atoms with Gasteiger partial charge in [0.1, 0.15) is 0 Å². The van der Waals surface area contributed by atoms with Crippen molar-refractivity contribution in [3.63, 3.8) is 0 Å². The highest BCUT2D eigenvalue weighted by Crippen LogP contribution is 2.22. The normalized spacial score (nSPS) is 33.5. The van der Waals surface area contributed by atoms with Crippen LogP contribution in [0.5, 0.6) is 0 Å². The summed E-state index contributed by atoms with van der Waals surface area (Å²) in [5, 5.41) is 31.5. The Hall–Kier alpha value is -1.83. The predicted octanol–water partition coefficient (Wildman–Crippen LogP) is -2.12. The Labute approximate surface area is 174 Å². The van der Waals surface area contributed by atoms with Crippen LogP contribution in [0.4, 0.5) is 0 Å². The first kappa shape index (κ1) is 21.4. The van der Waals surface area contributed by atoms with Crippen LogP contribution in [0.1, 0.15) is 19.3 Å². The van der Waals surface area contributed by atoms with Crippen molar-refractivity contribution in [2.75, 3.05) is 58.9 Å². The fraction of sp³-hybridized carbons (Fsp3) is 0.833. The third kappa shape index (κ3) is 4.03. The van der Waals surface area contributed by atoms with Gasteiger partial charge in [0, 0.05) is 39.3 Å². The van der Waals surface area contributed by atoms with Gasteiger partial charge in [-0.15, -0.1) is 0 Å². The summed E-state index contributed by atoms with van der Waals surface area (Å²) in [5.41, 5.74) is 0. The van der Waals surface area contributed by atoms with Crippen LogP contribution in [-0.2, 0) is 14.4 Å². The highest BCUT2D eigenvalue weighted by Gasteiger charge is 2.41. The minimum atomic E-state index is -0.431. The maximum Gasteiger partial charge on any atom is 0.263 e. The Morgan fingerprint density at radius 3 is 0.867 bits per heavy atom. The molecule has 168 valence electrons. The van der Waals surface area contributed by atoms with Gasteiger partial charge < -0.3 is 0 Å². The Morgan fingerprint density at radius 2 is 0.700 bits per heavy atom. The summed E-state index contributed by atoms with van der Waals surface area (Å²) in [4.78, 5) is 43.2. The van der Waals surface area contributed by atoms with Gasteiger partial charge in [0.15, 0.2) is 0 Å². The van der Waals surface area contributed by atoms with Crippen LogP contribution in [0, 0.1) is 0 Å². The molecule has 3 atom stereocenters. The van der Waals surface area contributed by atoms with Gasteiger partial charge in [-0.3, -0.25) is 44.7 Å². The second-order valence-corrected chi connectivity index (χ2v) is 8.41. The molecule has 0 aromatic rings. The number of hydrogen-bond donors (Lipinski definition) is 3. The summed E-state index contributed by atoms with van der Waals surface area (Å²) < 4.78 is 0. The van der Waals surface area contributed by atoms with E-state index in [2.05, 4.69) is 0 Å². The topological polar surface area (TPSA) is 131 Å². The van der Waals surface area contributed by atoms with E-state index in [1.54, 1.807) is 0 Å². The van der Waals surface area contributed by atoms with Crippen LogP contribution < -0.4 is 0 Å². The Kier molecular flexibility index (Phi) is 6.23. The summed E-state index contributed by atoms with van der Waals surface area (Å²) in [6.45, 7) is 4.10. The molecule has 0 radical (unpaired) electrons. The SMILES string of the molecule is O=C1C(N2CCN(C3CCN(O)C3=O)CCN([C@H]3CCN(O)C3=O)CC2)CCN1O. The van der Waals surface area contributed by atoms with Gasteiger partial charge in [0.25, 0.3) is 17.7 Å². The molecule has 0 bridgehead atoms. The summed E-state index contributed by atoms with van der Waals surface area (Å²) in [7, 11) is 0. The lowest BCUT2D eigenvalue weighted by Crippen LogP contribution is -2.48. The van der Waals surface area contributed by atoms with Crippen molar-refractivity contribution < 1.29 is 30.0 Å². The molecule has 12 heteroatoms. The average molecular weight is 426 g/mol. The highest BCUT2D eigenvalue weighted by molar-refractivity contribution is 5.84. The van der Waals surface area contributed by atoms with Crippen LogP contribution in [0.3, 0.4) is 0 Å². The zero-order chi connectivity index (χ0) is 21.4. The van der Waals surface area contributed by atoms with Gasteiger partial charge in [-0.05, 0) is 19.3 Å². The molecule has 0 aromatic carbocycles. The van der Waals surface area contributed by atoms with Crippen LogP contribution in [0.25, 0.3) is 0 Å². The molecule has 3 N–H and O–H groups in total. The molecule has 0 aromatic heterocycles. The number of amides is 3. The monoisotopic (exact) mass is 426 g/mol. The molecule has 0 aliphatic carbocycles. The lowest BCUT2D eigenvalue weighted by Gasteiger charge is -2.31. The molecular formula is C18H30N6O6. The molecule has 4 saturated heterocycles. The van der Waals surface area contributed by atoms with E-state index >= 15 is 0 Å². The molecule has 3 amide bonds. The third-order valence-corrected chi connectivity index (χ3v) is 6.81. The van der Waals surface area contributed by atoms with E-state index in [0.29, 0.717) is 58.5 Å². The van der Waals surface area contributed by atoms with Crippen LogP contribution in [0.15, 0.2) is 0 Å². The lowest BCUT2D eigenvalue weighted by molar-refractivity contribution is -0.161. The fourth-order valence-corrected chi connectivity index (χ4v) is 5.01. The van der Waals surface area contributed by atoms with Gasteiger partial charge in [-0.1, -0.05) is 0 Å². The van der Waals surface area contributed by atoms with Crippen molar-refractivity contribution in [3.05, 3.63) is 0 Å². The van der Waals surface area contributed by atoms with Crippen LogP contribution >= 0.6 is 0 Å².